The molecule has 0 radical (unpaired) electrons. The number of carbonyl (C=O) groups excluding carboxylic acids is 5. The van der Waals surface area contributed by atoms with Gasteiger partial charge in [-0.2, -0.15) is 0 Å². The minimum atomic E-state index is -1.68. The van der Waals surface area contributed by atoms with Crippen molar-refractivity contribution in [2.75, 3.05) is 20.8 Å². The van der Waals surface area contributed by atoms with Crippen LogP contribution in [0.5, 0.6) is 17.2 Å². The molecule has 302 valence electrons. The van der Waals surface area contributed by atoms with Gasteiger partial charge >= 0.3 is 23.9 Å². The van der Waals surface area contributed by atoms with Gasteiger partial charge in [0.15, 0.2) is 23.7 Å². The Morgan fingerprint density at radius 1 is 0.576 bits per heavy atom. The zero-order valence-electron chi connectivity index (χ0n) is 31.6. The van der Waals surface area contributed by atoms with E-state index in [1.165, 1.54) is 56.7 Å². The lowest BCUT2D eigenvalue weighted by molar-refractivity contribution is -0.275. The summed E-state index contributed by atoms with van der Waals surface area (Å²) >= 11 is 1.64. The summed E-state index contributed by atoms with van der Waals surface area (Å²) < 4.78 is 48.2. The second kappa shape index (κ2) is 20.3. The van der Waals surface area contributed by atoms with Crippen LogP contribution in [0.25, 0.3) is 6.08 Å². The van der Waals surface area contributed by atoms with Crippen molar-refractivity contribution in [1.82, 2.24) is 0 Å². The van der Waals surface area contributed by atoms with Crippen LogP contribution in [0.1, 0.15) is 47.0 Å². The second-order valence-electron chi connectivity index (χ2n) is 12.7. The standard InChI is InChI=1S/C45H37IO13/c1-52-33-25-28(23-24-36(46)47)26-34(53-2)37(33)59-45-40(58-44(51)32-21-13-6-14-22-32)39(57-43(50)31-19-11-5-12-20-31)38(56-42(49)30-17-9-4-10-18-30)35(55-45)27-54-41(48)29-15-7-3-8-16-29/h3-26,35,38-40,45H,27H2,1-2H3/b24-23+/t35-,38+,39+,40-,45+/m1/s1. The molecule has 14 heteroatoms. The molecule has 0 bridgehead atoms. The van der Waals surface area contributed by atoms with Crippen LogP contribution in [0, 0.1) is 0 Å². The number of carbonyl (C=O) groups is 5. The number of benzene rings is 5. The summed E-state index contributed by atoms with van der Waals surface area (Å²) in [6, 6.07) is 35.3. The third kappa shape index (κ3) is 10.9. The molecule has 1 aliphatic heterocycles. The number of hydrogen-bond acceptors (Lipinski definition) is 13. The van der Waals surface area contributed by atoms with Gasteiger partial charge in [0.05, 0.1) is 36.5 Å². The molecule has 0 spiro atoms. The Morgan fingerprint density at radius 2 is 0.983 bits per heavy atom. The third-order valence-corrected chi connectivity index (χ3v) is 9.22. The summed E-state index contributed by atoms with van der Waals surface area (Å²) in [4.78, 5) is 66.7. The van der Waals surface area contributed by atoms with E-state index in [4.69, 9.17) is 37.9 Å². The molecule has 1 aliphatic rings. The van der Waals surface area contributed by atoms with Crippen molar-refractivity contribution in [1.29, 1.82) is 0 Å². The van der Waals surface area contributed by atoms with Gasteiger partial charge in [-0.15, -0.1) is 0 Å². The molecule has 0 N–H and O–H groups in total. The van der Waals surface area contributed by atoms with Gasteiger partial charge in [0.1, 0.15) is 12.7 Å². The summed E-state index contributed by atoms with van der Waals surface area (Å²) in [6.07, 6.45) is -5.09. The molecule has 0 amide bonds. The summed E-state index contributed by atoms with van der Waals surface area (Å²) in [7, 11) is 2.76. The average molecular weight is 913 g/mol. The zero-order chi connectivity index (χ0) is 41.7. The molecule has 5 aromatic carbocycles. The second-order valence-corrected chi connectivity index (χ2v) is 13.8. The SMILES string of the molecule is COc1cc(/C=C/C(=O)I)cc(OC)c1O[C@@H]1O[C@H](COC(=O)c2ccccc2)[C@H](OC(=O)c2ccccc2)[C@H](OC(=O)c2ccccc2)[C@H]1OC(=O)c1ccccc1. The van der Waals surface area contributed by atoms with E-state index in [0.717, 1.165) is 0 Å². The normalized spacial score (nSPS) is 18.5. The van der Waals surface area contributed by atoms with E-state index < -0.39 is 61.2 Å². The first kappa shape index (κ1) is 42.1. The summed E-state index contributed by atoms with van der Waals surface area (Å²) in [5.41, 5.74) is 1.14. The Kier molecular flexibility index (Phi) is 14.5. The monoisotopic (exact) mass is 912 g/mol. The van der Waals surface area contributed by atoms with Gasteiger partial charge < -0.3 is 37.9 Å². The van der Waals surface area contributed by atoms with Crippen molar-refractivity contribution < 1.29 is 61.9 Å². The average Bonchev–Trinajstić information content (AvgIpc) is 3.27. The highest BCUT2D eigenvalue weighted by Crippen LogP contribution is 2.42. The molecule has 1 saturated heterocycles. The maximum absolute atomic E-state index is 13.9. The van der Waals surface area contributed by atoms with Crippen LogP contribution >= 0.6 is 22.6 Å². The molecule has 0 saturated carbocycles. The Labute approximate surface area is 352 Å². The van der Waals surface area contributed by atoms with E-state index in [2.05, 4.69) is 0 Å². The first-order valence-corrected chi connectivity index (χ1v) is 19.2. The third-order valence-electron chi connectivity index (χ3n) is 8.86. The van der Waals surface area contributed by atoms with Crippen LogP contribution in [0.3, 0.4) is 0 Å². The fraction of sp³-hybridized carbons (Fsp3) is 0.178. The van der Waals surface area contributed by atoms with Gasteiger partial charge in [-0.25, -0.2) is 19.2 Å². The molecule has 59 heavy (non-hydrogen) atoms. The Morgan fingerprint density at radius 3 is 1.41 bits per heavy atom. The van der Waals surface area contributed by atoms with Gasteiger partial charge in [-0.05, 0) is 72.3 Å². The van der Waals surface area contributed by atoms with E-state index in [-0.39, 0.29) is 43.3 Å². The smallest absolute Gasteiger partial charge is 0.338 e. The zero-order valence-corrected chi connectivity index (χ0v) is 33.8. The number of rotatable bonds is 15. The molecule has 0 aromatic heterocycles. The van der Waals surface area contributed by atoms with Crippen molar-refractivity contribution in [3.8, 4) is 17.2 Å². The van der Waals surface area contributed by atoms with Crippen molar-refractivity contribution >= 4 is 56.3 Å². The molecule has 1 fully saturated rings. The number of hydrogen-bond donors (Lipinski definition) is 0. The van der Waals surface area contributed by atoms with Crippen molar-refractivity contribution in [3.05, 3.63) is 167 Å². The topological polar surface area (TPSA) is 159 Å². The van der Waals surface area contributed by atoms with E-state index in [0.29, 0.717) is 5.56 Å². The fourth-order valence-electron chi connectivity index (χ4n) is 6.01. The van der Waals surface area contributed by atoms with Crippen LogP contribution in [0.2, 0.25) is 0 Å². The fourth-order valence-corrected chi connectivity index (χ4v) is 6.19. The van der Waals surface area contributed by atoms with E-state index >= 15 is 0 Å². The van der Waals surface area contributed by atoms with E-state index in [1.807, 2.05) is 0 Å². The highest BCUT2D eigenvalue weighted by Gasteiger charge is 2.54. The maximum Gasteiger partial charge on any atom is 0.338 e. The lowest BCUT2D eigenvalue weighted by Crippen LogP contribution is -2.64. The van der Waals surface area contributed by atoms with Crippen LogP contribution in [0.15, 0.2) is 140 Å². The van der Waals surface area contributed by atoms with Crippen LogP contribution in [-0.2, 0) is 28.5 Å². The highest BCUT2D eigenvalue weighted by molar-refractivity contribution is 14.1. The first-order valence-electron chi connectivity index (χ1n) is 18.1. The molecule has 6 rings (SSSR count). The Balaban J connectivity index is 1.48. The molecular formula is C45H37IO13. The van der Waals surface area contributed by atoms with Crippen LogP contribution < -0.4 is 14.2 Å². The largest absolute Gasteiger partial charge is 0.493 e. The van der Waals surface area contributed by atoms with Gasteiger partial charge in [-0.3, -0.25) is 4.79 Å². The number of ether oxygens (including phenoxy) is 8. The Bertz CT molecular complexity index is 2240. The van der Waals surface area contributed by atoms with Crippen LogP contribution in [-0.4, -0.2) is 79.2 Å². The molecule has 0 unspecified atom stereocenters. The van der Waals surface area contributed by atoms with Crippen molar-refractivity contribution in [3.63, 3.8) is 0 Å². The predicted molar refractivity (Wildman–Crippen MR) is 221 cm³/mol. The van der Waals surface area contributed by atoms with Gasteiger partial charge in [0.2, 0.25) is 21.9 Å². The number of halogens is 1. The predicted octanol–water partition coefficient (Wildman–Crippen LogP) is 7.32. The lowest BCUT2D eigenvalue weighted by Gasteiger charge is -2.44. The van der Waals surface area contributed by atoms with Gasteiger partial charge in [-0.1, -0.05) is 78.9 Å². The quantitative estimate of drug-likeness (QED) is 0.0339. The number of allylic oxidation sites excluding steroid dienone is 1. The highest BCUT2D eigenvalue weighted by atomic mass is 127. The molecule has 5 aromatic rings. The van der Waals surface area contributed by atoms with Crippen molar-refractivity contribution in [2.45, 2.75) is 30.7 Å². The summed E-state index contributed by atoms with van der Waals surface area (Å²) in [6.45, 7) is -0.554. The molecular weight excluding hydrogens is 875 g/mol. The lowest BCUT2D eigenvalue weighted by atomic mass is 9.97. The molecule has 1 heterocycles. The molecule has 0 aliphatic carbocycles. The van der Waals surface area contributed by atoms with E-state index in [9.17, 15) is 24.0 Å². The minimum Gasteiger partial charge on any atom is -0.493 e. The number of esters is 4. The summed E-state index contributed by atoms with van der Waals surface area (Å²) in [5, 5.41) is 0. The van der Waals surface area contributed by atoms with Gasteiger partial charge in [0.25, 0.3) is 0 Å². The van der Waals surface area contributed by atoms with Gasteiger partial charge in [0, 0.05) is 22.6 Å². The van der Waals surface area contributed by atoms with E-state index in [1.54, 1.807) is 126 Å². The van der Waals surface area contributed by atoms with Crippen LogP contribution in [0.4, 0.5) is 0 Å². The van der Waals surface area contributed by atoms with Crippen molar-refractivity contribution in [2.24, 2.45) is 0 Å². The minimum absolute atomic E-state index is 0.0355. The first-order chi connectivity index (χ1) is 28.6. The Hall–Kier alpha value is -6.52. The number of methoxy groups -OCH3 is 2. The maximum atomic E-state index is 13.9. The summed E-state index contributed by atoms with van der Waals surface area (Å²) in [5.74, 6) is -3.11. The molecule has 13 nitrogen and oxygen atoms in total. The molecule has 5 atom stereocenters.